The number of nitrogens with one attached hydrogen (secondary N) is 2. The summed E-state index contributed by atoms with van der Waals surface area (Å²) in [4.78, 5) is 11.7. The van der Waals surface area contributed by atoms with Crippen LogP contribution in [0.25, 0.3) is 0 Å². The van der Waals surface area contributed by atoms with Gasteiger partial charge in [-0.3, -0.25) is 4.79 Å². The van der Waals surface area contributed by atoms with Gasteiger partial charge in [0.15, 0.2) is 0 Å². The van der Waals surface area contributed by atoms with Gasteiger partial charge in [0.05, 0.1) is 23.1 Å². The number of carbonyl (C=O) groups excluding carboxylic acids is 1. The maximum absolute atomic E-state index is 12.2. The molecule has 1 unspecified atom stereocenters. The van der Waals surface area contributed by atoms with Crippen LogP contribution in [0.2, 0.25) is 5.02 Å². The smallest absolute Gasteiger partial charge is 0.241 e. The van der Waals surface area contributed by atoms with Crippen LogP contribution in [0.4, 0.5) is 0 Å². The van der Waals surface area contributed by atoms with Crippen molar-refractivity contribution < 1.29 is 23.1 Å². The topological polar surface area (TPSA) is 105 Å². The van der Waals surface area contributed by atoms with E-state index in [1.54, 1.807) is 0 Å². The van der Waals surface area contributed by atoms with Gasteiger partial charge < -0.3 is 15.2 Å². The molecule has 1 atom stereocenters. The van der Waals surface area contributed by atoms with Crippen molar-refractivity contribution >= 4 is 27.5 Å². The molecule has 0 saturated heterocycles. The summed E-state index contributed by atoms with van der Waals surface area (Å²) in [6.07, 6.45) is 0.402. The second-order valence-corrected chi connectivity index (χ2v) is 6.63. The Morgan fingerprint density at radius 1 is 1.45 bits per heavy atom. The van der Waals surface area contributed by atoms with Crippen molar-refractivity contribution in [3.63, 3.8) is 0 Å². The van der Waals surface area contributed by atoms with E-state index in [9.17, 15) is 13.2 Å². The van der Waals surface area contributed by atoms with Crippen molar-refractivity contribution in [2.24, 2.45) is 0 Å². The molecule has 0 heterocycles. The van der Waals surface area contributed by atoms with Crippen LogP contribution >= 0.6 is 11.6 Å². The number of aliphatic hydroxyl groups is 1. The lowest BCUT2D eigenvalue weighted by molar-refractivity contribution is -0.122. The van der Waals surface area contributed by atoms with Gasteiger partial charge in [-0.1, -0.05) is 11.6 Å². The van der Waals surface area contributed by atoms with Gasteiger partial charge in [-0.15, -0.1) is 0 Å². The Hall–Kier alpha value is -1.35. The fourth-order valence-corrected chi connectivity index (χ4v) is 3.16. The molecule has 1 amide bonds. The number of methoxy groups -OCH3 is 1. The fraction of sp³-hybridized carbons (Fsp3) is 0.462. The largest absolute Gasteiger partial charge is 0.495 e. The Bertz CT molecular complexity index is 621. The molecule has 0 fully saturated rings. The lowest BCUT2D eigenvalue weighted by Crippen LogP contribution is -2.45. The Balaban J connectivity index is 2.78. The zero-order valence-corrected chi connectivity index (χ0v) is 13.9. The quantitative estimate of drug-likeness (QED) is 0.593. The van der Waals surface area contributed by atoms with E-state index in [4.69, 9.17) is 21.4 Å². The highest BCUT2D eigenvalue weighted by molar-refractivity contribution is 7.89. The SMILES string of the molecule is COc1ccc(S(=O)(=O)NC(C)C(=O)NCCCO)cc1Cl. The highest BCUT2D eigenvalue weighted by Crippen LogP contribution is 2.26. The molecule has 0 aliphatic rings. The number of sulfonamides is 1. The molecule has 9 heteroatoms. The van der Waals surface area contributed by atoms with Gasteiger partial charge in [0, 0.05) is 13.2 Å². The van der Waals surface area contributed by atoms with E-state index >= 15 is 0 Å². The first-order valence-corrected chi connectivity index (χ1v) is 8.42. The van der Waals surface area contributed by atoms with Crippen LogP contribution in [0.15, 0.2) is 23.1 Å². The third kappa shape index (κ3) is 5.13. The van der Waals surface area contributed by atoms with E-state index in [2.05, 4.69) is 10.0 Å². The highest BCUT2D eigenvalue weighted by Gasteiger charge is 2.22. The van der Waals surface area contributed by atoms with Crippen molar-refractivity contribution in [3.05, 3.63) is 23.2 Å². The van der Waals surface area contributed by atoms with Crippen molar-refractivity contribution in [3.8, 4) is 5.75 Å². The standard InChI is InChI=1S/C13H19ClN2O5S/c1-9(13(18)15-6-3-7-17)16-22(19,20)10-4-5-12(21-2)11(14)8-10/h4-5,8-9,16-17H,3,6-7H2,1-2H3,(H,15,18). The Morgan fingerprint density at radius 3 is 2.68 bits per heavy atom. The molecule has 3 N–H and O–H groups in total. The van der Waals surface area contributed by atoms with Crippen molar-refractivity contribution in [1.29, 1.82) is 0 Å². The summed E-state index contributed by atoms with van der Waals surface area (Å²) in [5, 5.41) is 11.3. The second kappa shape index (κ2) is 8.33. The molecule has 1 aromatic carbocycles. The average Bonchev–Trinajstić information content (AvgIpc) is 2.46. The average molecular weight is 351 g/mol. The number of ether oxygens (including phenoxy) is 1. The predicted octanol–water partition coefficient (Wildman–Crippen LogP) is 0.514. The number of hydrogen-bond acceptors (Lipinski definition) is 5. The third-order valence-electron chi connectivity index (χ3n) is 2.79. The van der Waals surface area contributed by atoms with E-state index in [-0.39, 0.29) is 23.1 Å². The van der Waals surface area contributed by atoms with E-state index < -0.39 is 22.0 Å². The lowest BCUT2D eigenvalue weighted by atomic mass is 10.3. The van der Waals surface area contributed by atoms with Crippen LogP contribution in [0, 0.1) is 0 Å². The minimum absolute atomic E-state index is 0.0509. The zero-order valence-electron chi connectivity index (χ0n) is 12.3. The monoisotopic (exact) mass is 350 g/mol. The molecular formula is C13H19ClN2O5S. The van der Waals surface area contributed by atoms with Gasteiger partial charge in [0.25, 0.3) is 0 Å². The van der Waals surface area contributed by atoms with Crippen LogP contribution in [0.5, 0.6) is 5.75 Å². The van der Waals surface area contributed by atoms with E-state index in [1.807, 2.05) is 0 Å². The zero-order chi connectivity index (χ0) is 16.8. The summed E-state index contributed by atoms with van der Waals surface area (Å²) in [5.41, 5.74) is 0. The summed E-state index contributed by atoms with van der Waals surface area (Å²) in [7, 11) is -2.46. The first-order valence-electron chi connectivity index (χ1n) is 6.56. The van der Waals surface area contributed by atoms with Crippen LogP contribution in [-0.2, 0) is 14.8 Å². The minimum atomic E-state index is -3.88. The number of carbonyl (C=O) groups is 1. The van der Waals surface area contributed by atoms with Crippen LogP contribution in [0.1, 0.15) is 13.3 Å². The fourth-order valence-electron chi connectivity index (χ4n) is 1.61. The van der Waals surface area contributed by atoms with Gasteiger partial charge >= 0.3 is 0 Å². The second-order valence-electron chi connectivity index (χ2n) is 4.51. The minimum Gasteiger partial charge on any atom is -0.495 e. The summed E-state index contributed by atoms with van der Waals surface area (Å²) in [6, 6.07) is 3.07. The first kappa shape index (κ1) is 18.7. The summed E-state index contributed by atoms with van der Waals surface area (Å²) < 4.78 is 31.6. The first-order chi connectivity index (χ1) is 10.3. The maximum atomic E-state index is 12.2. The highest BCUT2D eigenvalue weighted by atomic mass is 35.5. The molecule has 1 rings (SSSR count). The van der Waals surface area contributed by atoms with Gasteiger partial charge in [0.2, 0.25) is 15.9 Å². The molecule has 0 aliphatic heterocycles. The number of rotatable bonds is 8. The molecule has 0 saturated carbocycles. The summed E-state index contributed by atoms with van der Waals surface area (Å²) in [6.45, 7) is 1.65. The van der Waals surface area contributed by atoms with Gasteiger partial charge in [0.1, 0.15) is 5.75 Å². The Labute approximate surface area is 134 Å². The molecule has 0 radical (unpaired) electrons. The number of benzene rings is 1. The number of hydrogen-bond donors (Lipinski definition) is 3. The number of amides is 1. The third-order valence-corrected chi connectivity index (χ3v) is 4.63. The molecule has 22 heavy (non-hydrogen) atoms. The van der Waals surface area contributed by atoms with Gasteiger partial charge in [-0.2, -0.15) is 4.72 Å². The molecule has 1 aromatic rings. The maximum Gasteiger partial charge on any atom is 0.241 e. The van der Waals surface area contributed by atoms with Crippen LogP contribution < -0.4 is 14.8 Å². The molecule has 0 aromatic heterocycles. The van der Waals surface area contributed by atoms with E-state index in [0.29, 0.717) is 12.2 Å². The Morgan fingerprint density at radius 2 is 2.14 bits per heavy atom. The molecule has 124 valence electrons. The van der Waals surface area contributed by atoms with Crippen LogP contribution in [0.3, 0.4) is 0 Å². The van der Waals surface area contributed by atoms with Gasteiger partial charge in [-0.25, -0.2) is 8.42 Å². The molecule has 0 spiro atoms. The number of aliphatic hydroxyl groups excluding tert-OH is 1. The van der Waals surface area contributed by atoms with Crippen molar-refractivity contribution in [1.82, 2.24) is 10.0 Å². The van der Waals surface area contributed by atoms with Crippen LogP contribution in [-0.4, -0.2) is 45.7 Å². The van der Waals surface area contributed by atoms with Crippen molar-refractivity contribution in [2.45, 2.75) is 24.3 Å². The van der Waals surface area contributed by atoms with E-state index in [1.165, 1.54) is 32.2 Å². The normalized spacial score (nSPS) is 12.7. The van der Waals surface area contributed by atoms with Gasteiger partial charge in [-0.05, 0) is 31.5 Å². The molecule has 0 aliphatic carbocycles. The predicted molar refractivity (Wildman–Crippen MR) is 82.5 cm³/mol. The molecule has 0 bridgehead atoms. The van der Waals surface area contributed by atoms with E-state index in [0.717, 1.165) is 0 Å². The molecule has 7 nitrogen and oxygen atoms in total. The lowest BCUT2D eigenvalue weighted by Gasteiger charge is -2.15. The van der Waals surface area contributed by atoms with Crippen molar-refractivity contribution in [2.75, 3.05) is 20.3 Å². The summed E-state index contributed by atoms with van der Waals surface area (Å²) >= 11 is 5.90. The number of halogens is 1. The molecular weight excluding hydrogens is 332 g/mol. The summed E-state index contributed by atoms with van der Waals surface area (Å²) in [5.74, 6) is -0.118. The Kier molecular flexibility index (Phi) is 7.08.